The summed E-state index contributed by atoms with van der Waals surface area (Å²) in [7, 11) is 0. The lowest BCUT2D eigenvalue weighted by atomic mass is 9.93. The molecule has 0 spiro atoms. The van der Waals surface area contributed by atoms with Gasteiger partial charge in [0.1, 0.15) is 6.10 Å². The maximum atomic E-state index is 11.7. The Bertz CT molecular complexity index is 418. The smallest absolute Gasteiger partial charge is 0.338 e. The first-order valence-corrected chi connectivity index (χ1v) is 5.97. The van der Waals surface area contributed by atoms with Gasteiger partial charge in [-0.2, -0.15) is 0 Å². The molecule has 0 amide bonds. The number of carbonyl (C=O) groups excluding carboxylic acids is 1. The van der Waals surface area contributed by atoms with Crippen molar-refractivity contribution in [3.8, 4) is 0 Å². The molecule has 1 aromatic rings. The summed E-state index contributed by atoms with van der Waals surface area (Å²) in [6.45, 7) is 3.54. The van der Waals surface area contributed by atoms with Crippen molar-refractivity contribution >= 4 is 5.97 Å². The molecule has 1 aliphatic rings. The van der Waals surface area contributed by atoms with Crippen LogP contribution in [-0.4, -0.2) is 22.8 Å². The molecule has 0 bridgehead atoms. The third-order valence-corrected chi connectivity index (χ3v) is 3.04. The van der Waals surface area contributed by atoms with E-state index in [4.69, 9.17) is 4.74 Å². The lowest BCUT2D eigenvalue weighted by molar-refractivity contribution is 0.0101. The summed E-state index contributed by atoms with van der Waals surface area (Å²) in [6.07, 6.45) is 1.97. The highest BCUT2D eigenvalue weighted by molar-refractivity contribution is 5.92. The quantitative estimate of drug-likeness (QED) is 0.816. The van der Waals surface area contributed by atoms with E-state index in [0.717, 1.165) is 12.0 Å². The Labute approximate surface area is 101 Å². The Hall–Kier alpha value is -1.35. The molecule has 1 aromatic carbocycles. The molecule has 0 fully saturated rings. The second-order valence-electron chi connectivity index (χ2n) is 5.24. The predicted octanol–water partition coefficient (Wildman–Crippen LogP) is 2.32. The first-order valence-electron chi connectivity index (χ1n) is 5.97. The Kier molecular flexibility index (Phi) is 3.20. The summed E-state index contributed by atoms with van der Waals surface area (Å²) < 4.78 is 5.36. The van der Waals surface area contributed by atoms with Gasteiger partial charge in [-0.25, -0.2) is 4.79 Å². The summed E-state index contributed by atoms with van der Waals surface area (Å²) >= 11 is 0. The monoisotopic (exact) mass is 234 g/mol. The number of fused-ring (bicyclic) bond motifs is 1. The number of hydrogen-bond acceptors (Lipinski definition) is 3. The van der Waals surface area contributed by atoms with Gasteiger partial charge in [0.25, 0.3) is 0 Å². The summed E-state index contributed by atoms with van der Waals surface area (Å²) in [5.41, 5.74) is 1.01. The normalized spacial score (nSPS) is 19.7. The van der Waals surface area contributed by atoms with Gasteiger partial charge in [-0.3, -0.25) is 0 Å². The van der Waals surface area contributed by atoms with E-state index in [2.05, 4.69) is 0 Å². The molecule has 1 N–H and O–H groups in total. The molecule has 0 aromatic heterocycles. The molecule has 0 radical (unpaired) electrons. The van der Waals surface area contributed by atoms with Crippen LogP contribution >= 0.6 is 0 Å². The second kappa shape index (κ2) is 4.49. The fraction of sp³-hybridized carbons (Fsp3) is 0.500. The first kappa shape index (κ1) is 12.1. The minimum absolute atomic E-state index is 0.108. The van der Waals surface area contributed by atoms with Crippen LogP contribution in [0.3, 0.4) is 0 Å². The van der Waals surface area contributed by atoms with Crippen LogP contribution in [0.15, 0.2) is 24.3 Å². The van der Waals surface area contributed by atoms with Crippen molar-refractivity contribution in [2.75, 3.05) is 0 Å². The molecule has 2 rings (SSSR count). The van der Waals surface area contributed by atoms with Crippen LogP contribution in [0.5, 0.6) is 0 Å². The van der Waals surface area contributed by atoms with Gasteiger partial charge in [0.2, 0.25) is 0 Å². The molecular formula is C14H18O3. The standard InChI is InChI=1S/C14H18O3/c1-14(2,16)8-7-11-9-10-5-3-4-6-12(10)13(15)17-11/h3-6,11,16H,7-9H2,1-2H3. The van der Waals surface area contributed by atoms with Crippen LogP contribution in [-0.2, 0) is 11.2 Å². The fourth-order valence-electron chi connectivity index (χ4n) is 2.07. The van der Waals surface area contributed by atoms with Crippen molar-refractivity contribution in [3.63, 3.8) is 0 Å². The Balaban J connectivity index is 2.05. The van der Waals surface area contributed by atoms with Crippen molar-refractivity contribution in [2.24, 2.45) is 0 Å². The van der Waals surface area contributed by atoms with Gasteiger partial charge in [0.05, 0.1) is 11.2 Å². The van der Waals surface area contributed by atoms with Crippen molar-refractivity contribution in [3.05, 3.63) is 35.4 Å². The number of aliphatic hydroxyl groups is 1. The molecule has 3 nitrogen and oxygen atoms in total. The van der Waals surface area contributed by atoms with Crippen LogP contribution in [0.2, 0.25) is 0 Å². The molecular weight excluding hydrogens is 216 g/mol. The average Bonchev–Trinajstić information content (AvgIpc) is 2.26. The number of hydrogen-bond donors (Lipinski definition) is 1. The van der Waals surface area contributed by atoms with E-state index in [-0.39, 0.29) is 12.1 Å². The summed E-state index contributed by atoms with van der Waals surface area (Å²) in [5.74, 6) is -0.243. The molecule has 1 atom stereocenters. The van der Waals surface area contributed by atoms with Gasteiger partial charge < -0.3 is 9.84 Å². The van der Waals surface area contributed by atoms with Crippen LogP contribution in [0, 0.1) is 0 Å². The summed E-state index contributed by atoms with van der Waals surface area (Å²) in [5, 5.41) is 9.67. The lowest BCUT2D eigenvalue weighted by Gasteiger charge is -2.26. The maximum Gasteiger partial charge on any atom is 0.338 e. The zero-order valence-corrected chi connectivity index (χ0v) is 10.3. The topological polar surface area (TPSA) is 46.5 Å². The molecule has 0 saturated heterocycles. The van der Waals surface area contributed by atoms with Crippen molar-refractivity contribution in [2.45, 2.75) is 44.8 Å². The Morgan fingerprint density at radius 1 is 1.41 bits per heavy atom. The minimum Gasteiger partial charge on any atom is -0.458 e. The van der Waals surface area contributed by atoms with Gasteiger partial charge in [0.15, 0.2) is 0 Å². The number of benzene rings is 1. The summed E-state index contributed by atoms with van der Waals surface area (Å²) in [6, 6.07) is 7.54. The van der Waals surface area contributed by atoms with Crippen LogP contribution in [0.4, 0.5) is 0 Å². The number of ether oxygens (including phenoxy) is 1. The molecule has 92 valence electrons. The van der Waals surface area contributed by atoms with E-state index in [0.29, 0.717) is 18.4 Å². The van der Waals surface area contributed by atoms with Crippen molar-refractivity contribution < 1.29 is 14.6 Å². The average molecular weight is 234 g/mol. The molecule has 1 aliphatic heterocycles. The van der Waals surface area contributed by atoms with Crippen LogP contribution in [0.1, 0.15) is 42.6 Å². The van der Waals surface area contributed by atoms with E-state index in [1.165, 1.54) is 0 Å². The first-order chi connectivity index (χ1) is 7.96. The molecule has 1 heterocycles. The summed E-state index contributed by atoms with van der Waals surface area (Å²) in [4.78, 5) is 11.7. The van der Waals surface area contributed by atoms with Gasteiger partial charge >= 0.3 is 5.97 Å². The number of rotatable bonds is 3. The number of esters is 1. The van der Waals surface area contributed by atoms with E-state index in [1.807, 2.05) is 18.2 Å². The highest BCUT2D eigenvalue weighted by Gasteiger charge is 2.27. The number of cyclic esters (lactones) is 1. The lowest BCUT2D eigenvalue weighted by Crippen LogP contribution is -2.30. The van der Waals surface area contributed by atoms with E-state index in [1.54, 1.807) is 19.9 Å². The molecule has 0 saturated carbocycles. The largest absolute Gasteiger partial charge is 0.458 e. The zero-order valence-electron chi connectivity index (χ0n) is 10.3. The van der Waals surface area contributed by atoms with Crippen LogP contribution in [0.25, 0.3) is 0 Å². The molecule has 3 heteroatoms. The van der Waals surface area contributed by atoms with E-state index >= 15 is 0 Å². The van der Waals surface area contributed by atoms with E-state index in [9.17, 15) is 9.90 Å². The van der Waals surface area contributed by atoms with Gasteiger partial charge in [-0.15, -0.1) is 0 Å². The number of carbonyl (C=O) groups is 1. The van der Waals surface area contributed by atoms with Gasteiger partial charge in [0, 0.05) is 6.42 Å². The molecule has 0 aliphatic carbocycles. The predicted molar refractivity (Wildman–Crippen MR) is 64.9 cm³/mol. The molecule has 17 heavy (non-hydrogen) atoms. The van der Waals surface area contributed by atoms with E-state index < -0.39 is 5.60 Å². The third-order valence-electron chi connectivity index (χ3n) is 3.04. The van der Waals surface area contributed by atoms with Crippen LogP contribution < -0.4 is 0 Å². The molecule has 1 unspecified atom stereocenters. The second-order valence-corrected chi connectivity index (χ2v) is 5.24. The Morgan fingerprint density at radius 3 is 2.82 bits per heavy atom. The van der Waals surface area contributed by atoms with Crippen molar-refractivity contribution in [1.82, 2.24) is 0 Å². The maximum absolute atomic E-state index is 11.7. The third kappa shape index (κ3) is 3.07. The van der Waals surface area contributed by atoms with Gasteiger partial charge in [-0.1, -0.05) is 18.2 Å². The Morgan fingerprint density at radius 2 is 2.12 bits per heavy atom. The zero-order chi connectivity index (χ0) is 12.5. The SMILES string of the molecule is CC(C)(O)CCC1Cc2ccccc2C(=O)O1. The van der Waals surface area contributed by atoms with Crippen molar-refractivity contribution in [1.29, 1.82) is 0 Å². The van der Waals surface area contributed by atoms with Gasteiger partial charge in [-0.05, 0) is 38.3 Å². The highest BCUT2D eigenvalue weighted by Crippen LogP contribution is 2.24. The minimum atomic E-state index is -0.705. The highest BCUT2D eigenvalue weighted by atomic mass is 16.5. The fourth-order valence-corrected chi connectivity index (χ4v) is 2.07.